The number of benzene rings is 4. The van der Waals surface area contributed by atoms with E-state index in [-0.39, 0.29) is 24.7 Å². The lowest BCUT2D eigenvalue weighted by Crippen LogP contribution is -2.44. The van der Waals surface area contributed by atoms with Gasteiger partial charge in [-0.1, -0.05) is 48.4 Å². The third-order valence-electron chi connectivity index (χ3n) is 11.8. The molecule has 0 spiro atoms. The Morgan fingerprint density at radius 1 is 0.877 bits per heavy atom. The zero-order chi connectivity index (χ0) is 39.9. The first kappa shape index (κ1) is 40.1. The van der Waals surface area contributed by atoms with Gasteiger partial charge in [-0.15, -0.1) is 0 Å². The fourth-order valence-electron chi connectivity index (χ4n) is 8.77. The van der Waals surface area contributed by atoms with Crippen molar-refractivity contribution in [2.45, 2.75) is 110 Å². The number of nitriles is 2. The summed E-state index contributed by atoms with van der Waals surface area (Å²) in [6.07, 6.45) is 7.68. The number of hydrogen-bond acceptors (Lipinski definition) is 8. The number of amides is 1. The minimum absolute atomic E-state index is 0.0725. The van der Waals surface area contributed by atoms with Crippen LogP contribution >= 0.6 is 11.6 Å². The Morgan fingerprint density at radius 2 is 1.63 bits per heavy atom. The number of rotatable bonds is 15. The van der Waals surface area contributed by atoms with Crippen molar-refractivity contribution in [3.8, 4) is 40.5 Å². The Kier molecular flexibility index (Phi) is 13.0. The van der Waals surface area contributed by atoms with Crippen molar-refractivity contribution in [2.24, 2.45) is 0 Å². The molecule has 10 heteroatoms. The van der Waals surface area contributed by atoms with Gasteiger partial charge in [0.2, 0.25) is 5.91 Å². The van der Waals surface area contributed by atoms with Crippen LogP contribution in [0.1, 0.15) is 104 Å². The maximum atomic E-state index is 11.7. The van der Waals surface area contributed by atoms with E-state index in [0.29, 0.717) is 71.4 Å². The first-order chi connectivity index (χ1) is 27.7. The maximum absolute atomic E-state index is 11.7. The molecule has 4 atom stereocenters. The molecule has 3 aliphatic rings. The van der Waals surface area contributed by atoms with Gasteiger partial charge in [0.25, 0.3) is 0 Å². The Morgan fingerprint density at radius 3 is 2.37 bits per heavy atom. The van der Waals surface area contributed by atoms with Gasteiger partial charge in [-0.25, -0.2) is 0 Å². The number of piperidine rings is 1. The third kappa shape index (κ3) is 9.57. The Balaban J connectivity index is 1.07. The van der Waals surface area contributed by atoms with Crippen LogP contribution in [-0.4, -0.2) is 48.6 Å². The van der Waals surface area contributed by atoms with Crippen LogP contribution in [0.25, 0.3) is 11.1 Å². The van der Waals surface area contributed by atoms with Crippen LogP contribution in [0.2, 0.25) is 5.02 Å². The lowest BCUT2D eigenvalue weighted by molar-refractivity contribution is -0.119. The highest BCUT2D eigenvalue weighted by Crippen LogP contribution is 2.44. The average molecular weight is 786 g/mol. The molecule has 7 rings (SSSR count). The van der Waals surface area contributed by atoms with E-state index in [9.17, 15) is 15.3 Å². The molecule has 2 fully saturated rings. The van der Waals surface area contributed by atoms with Crippen molar-refractivity contribution in [2.75, 3.05) is 19.7 Å². The molecule has 57 heavy (non-hydrogen) atoms. The second-order valence-electron chi connectivity index (χ2n) is 15.8. The Hall–Kier alpha value is -5.06. The van der Waals surface area contributed by atoms with Gasteiger partial charge >= 0.3 is 0 Å². The summed E-state index contributed by atoms with van der Waals surface area (Å²) in [5.41, 5.74) is 8.26. The number of fused-ring (bicyclic) bond motifs is 1. The smallest absolute Gasteiger partial charge is 0.220 e. The molecule has 0 radical (unpaired) electrons. The standard InChI is InChI=1S/C47H52ClN5O4/c1-30-8-4-9-31(2)53(30)18-7-19-55-43-13-6-10-38(32(43)3)39-11-5-12-41-40(39)15-16-44(41)57-46-24-45(56-29-35-21-33(25-49)20-34(22-35)26-50)36(23-42(46)48)27-51-28-37-14-17-47(54)52-37/h5-6,10-13,20-24,30-31,37,44,51H,4,7-9,14-19,27-29H2,1-3H3,(H,52,54)/t30-,31+,37-,44+/m1/s1. The molecule has 0 unspecified atom stereocenters. The number of hydrogen-bond donors (Lipinski definition) is 2. The summed E-state index contributed by atoms with van der Waals surface area (Å²) < 4.78 is 19.5. The molecule has 2 heterocycles. The summed E-state index contributed by atoms with van der Waals surface area (Å²) >= 11 is 6.95. The van der Waals surface area contributed by atoms with E-state index in [1.54, 1.807) is 18.2 Å². The van der Waals surface area contributed by atoms with E-state index in [0.717, 1.165) is 54.7 Å². The van der Waals surface area contributed by atoms with Gasteiger partial charge in [-0.3, -0.25) is 9.69 Å². The molecular formula is C47H52ClN5O4. The Bertz CT molecular complexity index is 2130. The SMILES string of the molecule is Cc1c(OCCCN2[C@H](C)CCC[C@@H]2C)cccc1-c1cccc2c1CC[C@@H]2Oc1cc(OCc2cc(C#N)cc(C#N)c2)c(CNC[C@H]2CCC(=O)N2)cc1Cl. The van der Waals surface area contributed by atoms with Gasteiger partial charge in [0, 0.05) is 55.8 Å². The van der Waals surface area contributed by atoms with Crippen LogP contribution < -0.4 is 24.8 Å². The van der Waals surface area contributed by atoms with Gasteiger partial charge in [0.15, 0.2) is 0 Å². The van der Waals surface area contributed by atoms with E-state index in [1.807, 2.05) is 12.1 Å². The average Bonchev–Trinajstić information content (AvgIpc) is 3.83. The lowest BCUT2D eigenvalue weighted by Gasteiger charge is -2.39. The summed E-state index contributed by atoms with van der Waals surface area (Å²) in [6, 6.07) is 27.1. The molecule has 2 aliphatic heterocycles. The Labute approximate surface area is 341 Å². The minimum atomic E-state index is -0.204. The largest absolute Gasteiger partial charge is 0.493 e. The molecule has 1 aliphatic carbocycles. The first-order valence-corrected chi connectivity index (χ1v) is 20.7. The first-order valence-electron chi connectivity index (χ1n) is 20.4. The van der Waals surface area contributed by atoms with Crippen molar-refractivity contribution in [3.05, 3.63) is 111 Å². The summed E-state index contributed by atoms with van der Waals surface area (Å²) in [7, 11) is 0. The van der Waals surface area contributed by atoms with Gasteiger partial charge in [0.1, 0.15) is 30.0 Å². The zero-order valence-corrected chi connectivity index (χ0v) is 34.0. The molecule has 1 amide bonds. The molecule has 0 saturated carbocycles. The van der Waals surface area contributed by atoms with Gasteiger partial charge < -0.3 is 24.8 Å². The highest BCUT2D eigenvalue weighted by atomic mass is 35.5. The predicted molar refractivity (Wildman–Crippen MR) is 222 cm³/mol. The number of nitrogens with one attached hydrogen (secondary N) is 2. The molecule has 296 valence electrons. The third-order valence-corrected chi connectivity index (χ3v) is 12.1. The number of ether oxygens (including phenoxy) is 3. The maximum Gasteiger partial charge on any atom is 0.220 e. The van der Waals surface area contributed by atoms with Gasteiger partial charge in [-0.05, 0) is 123 Å². The highest BCUT2D eigenvalue weighted by Gasteiger charge is 2.29. The number of halogens is 1. The topological polar surface area (TPSA) is 120 Å². The molecule has 9 nitrogen and oxygen atoms in total. The second-order valence-corrected chi connectivity index (χ2v) is 16.2. The van der Waals surface area contributed by atoms with Crippen LogP contribution in [0.3, 0.4) is 0 Å². The fourth-order valence-corrected chi connectivity index (χ4v) is 9.00. The van der Waals surface area contributed by atoms with Crippen molar-refractivity contribution in [1.82, 2.24) is 15.5 Å². The quantitative estimate of drug-likeness (QED) is 0.115. The molecule has 0 bridgehead atoms. The van der Waals surface area contributed by atoms with Crippen molar-refractivity contribution in [1.29, 1.82) is 10.5 Å². The molecule has 2 N–H and O–H groups in total. The lowest BCUT2D eigenvalue weighted by atomic mass is 9.93. The molecule has 4 aromatic carbocycles. The van der Waals surface area contributed by atoms with Crippen LogP contribution in [-0.2, 0) is 24.4 Å². The van der Waals surface area contributed by atoms with Crippen LogP contribution in [0.5, 0.6) is 17.2 Å². The van der Waals surface area contributed by atoms with E-state index < -0.39 is 0 Å². The van der Waals surface area contributed by atoms with Gasteiger partial charge in [0.05, 0.1) is 34.9 Å². The minimum Gasteiger partial charge on any atom is -0.493 e. The highest BCUT2D eigenvalue weighted by molar-refractivity contribution is 6.32. The van der Waals surface area contributed by atoms with Crippen LogP contribution in [0.4, 0.5) is 0 Å². The number of likely N-dealkylation sites (tertiary alicyclic amines) is 1. The van der Waals surface area contributed by atoms with E-state index in [1.165, 1.54) is 36.0 Å². The second kappa shape index (κ2) is 18.5. The molecular weight excluding hydrogens is 734 g/mol. The number of carbonyl (C=O) groups is 1. The molecule has 2 saturated heterocycles. The molecule has 0 aromatic heterocycles. The monoisotopic (exact) mass is 785 g/mol. The molecule has 4 aromatic rings. The van der Waals surface area contributed by atoms with Crippen LogP contribution in [0.15, 0.2) is 66.7 Å². The van der Waals surface area contributed by atoms with Crippen molar-refractivity contribution >= 4 is 17.5 Å². The summed E-state index contributed by atoms with van der Waals surface area (Å²) in [5, 5.41) is 25.9. The predicted octanol–water partition coefficient (Wildman–Crippen LogP) is 9.10. The summed E-state index contributed by atoms with van der Waals surface area (Å²) in [4.78, 5) is 14.4. The normalized spacial score (nSPS) is 20.4. The number of nitrogens with zero attached hydrogens (tertiary/aromatic N) is 3. The summed E-state index contributed by atoms with van der Waals surface area (Å²) in [5.74, 6) is 2.10. The summed E-state index contributed by atoms with van der Waals surface area (Å²) in [6.45, 7) is 9.82. The fraction of sp³-hybridized carbons (Fsp3) is 0.426. The van der Waals surface area contributed by atoms with E-state index >= 15 is 0 Å². The van der Waals surface area contributed by atoms with E-state index in [2.05, 4.69) is 84.8 Å². The van der Waals surface area contributed by atoms with Crippen molar-refractivity contribution in [3.63, 3.8) is 0 Å². The van der Waals surface area contributed by atoms with Crippen LogP contribution in [0, 0.1) is 29.6 Å². The van der Waals surface area contributed by atoms with Crippen molar-refractivity contribution < 1.29 is 19.0 Å². The van der Waals surface area contributed by atoms with E-state index in [4.69, 9.17) is 25.8 Å². The zero-order valence-electron chi connectivity index (χ0n) is 33.2. The van der Waals surface area contributed by atoms with Gasteiger partial charge in [-0.2, -0.15) is 10.5 Å². The number of carbonyl (C=O) groups excluding carboxylic acids is 1.